The molecule has 1 aliphatic heterocycles. The maximum Gasteiger partial charge on any atom is 0.223 e. The molecule has 1 N–H and O–H groups in total. The maximum absolute atomic E-state index is 12.6. The molecule has 0 bridgehead atoms. The monoisotopic (exact) mass is 344 g/mol. The number of hydrogen-bond acceptors (Lipinski definition) is 3. The highest BCUT2D eigenvalue weighted by molar-refractivity contribution is 5.78. The van der Waals surface area contributed by atoms with Crippen molar-refractivity contribution in [3.05, 3.63) is 29.8 Å². The van der Waals surface area contributed by atoms with Gasteiger partial charge in [-0.2, -0.15) is 0 Å². The average Bonchev–Trinajstić information content (AvgIpc) is 2.70. The lowest BCUT2D eigenvalue weighted by Crippen LogP contribution is -2.42. The Morgan fingerprint density at radius 1 is 1.08 bits per heavy atom. The minimum Gasteiger partial charge on any atom is -0.497 e. The second-order valence-electron chi connectivity index (χ2n) is 7.47. The van der Waals surface area contributed by atoms with Gasteiger partial charge in [-0.15, -0.1) is 0 Å². The highest BCUT2D eigenvalue weighted by Gasteiger charge is 2.25. The molecule has 0 radical (unpaired) electrons. The Kier molecular flexibility index (Phi) is 6.74. The van der Waals surface area contributed by atoms with Gasteiger partial charge >= 0.3 is 0 Å². The molecule has 4 nitrogen and oxygen atoms in total. The van der Waals surface area contributed by atoms with Gasteiger partial charge in [0, 0.05) is 12.5 Å². The van der Waals surface area contributed by atoms with E-state index in [0.29, 0.717) is 6.54 Å². The topological polar surface area (TPSA) is 41.6 Å². The number of ether oxygens (including phenoxy) is 1. The van der Waals surface area contributed by atoms with Gasteiger partial charge in [0.05, 0.1) is 13.2 Å². The number of carbonyl (C=O) groups is 1. The molecule has 2 fully saturated rings. The SMILES string of the molecule is COc1ccc(C(CNC(=O)C2CCCCC2)N2CCCCC2)cc1. The second-order valence-corrected chi connectivity index (χ2v) is 7.47. The first kappa shape index (κ1) is 18.2. The van der Waals surface area contributed by atoms with Crippen molar-refractivity contribution in [2.45, 2.75) is 57.4 Å². The highest BCUT2D eigenvalue weighted by Crippen LogP contribution is 2.27. The van der Waals surface area contributed by atoms with Crippen molar-refractivity contribution in [2.75, 3.05) is 26.7 Å². The van der Waals surface area contributed by atoms with Crippen LogP contribution in [0.3, 0.4) is 0 Å². The van der Waals surface area contributed by atoms with Crippen LogP contribution in [0.2, 0.25) is 0 Å². The first-order chi connectivity index (χ1) is 12.3. The van der Waals surface area contributed by atoms with Gasteiger partial charge in [0.2, 0.25) is 5.91 Å². The number of benzene rings is 1. The van der Waals surface area contributed by atoms with Crippen molar-refractivity contribution in [2.24, 2.45) is 5.92 Å². The molecule has 1 aliphatic carbocycles. The van der Waals surface area contributed by atoms with E-state index in [1.165, 1.54) is 44.1 Å². The van der Waals surface area contributed by atoms with Crippen LogP contribution in [-0.2, 0) is 4.79 Å². The standard InChI is InChI=1S/C21H32N2O2/c1-25-19-12-10-17(11-13-19)20(23-14-6-3-7-15-23)16-22-21(24)18-8-4-2-5-9-18/h10-13,18,20H,2-9,14-16H2,1H3,(H,22,24). The highest BCUT2D eigenvalue weighted by atomic mass is 16.5. The van der Waals surface area contributed by atoms with Crippen molar-refractivity contribution in [1.82, 2.24) is 10.2 Å². The summed E-state index contributed by atoms with van der Waals surface area (Å²) < 4.78 is 5.29. The lowest BCUT2D eigenvalue weighted by molar-refractivity contribution is -0.126. The molecule has 1 aromatic carbocycles. The fourth-order valence-corrected chi connectivity index (χ4v) is 4.22. The Balaban J connectivity index is 1.65. The molecule has 1 saturated heterocycles. The number of rotatable bonds is 6. The predicted octanol–water partition coefficient (Wildman–Crippen LogP) is 3.92. The lowest BCUT2D eigenvalue weighted by atomic mass is 9.88. The van der Waals surface area contributed by atoms with E-state index in [4.69, 9.17) is 4.74 Å². The van der Waals surface area contributed by atoms with Crippen molar-refractivity contribution >= 4 is 5.91 Å². The first-order valence-corrected chi connectivity index (χ1v) is 9.93. The smallest absolute Gasteiger partial charge is 0.223 e. The van der Waals surface area contributed by atoms with E-state index in [1.54, 1.807) is 7.11 Å². The molecule has 1 atom stereocenters. The van der Waals surface area contributed by atoms with Crippen LogP contribution in [0.4, 0.5) is 0 Å². The Hall–Kier alpha value is -1.55. The lowest BCUT2D eigenvalue weighted by Gasteiger charge is -2.35. The largest absolute Gasteiger partial charge is 0.497 e. The molecule has 2 aliphatic rings. The molecule has 1 amide bonds. The third-order valence-corrected chi connectivity index (χ3v) is 5.78. The Morgan fingerprint density at radius 2 is 1.72 bits per heavy atom. The number of hydrogen-bond donors (Lipinski definition) is 1. The van der Waals surface area contributed by atoms with E-state index in [9.17, 15) is 4.79 Å². The molecule has 1 heterocycles. The van der Waals surface area contributed by atoms with Crippen molar-refractivity contribution in [3.8, 4) is 5.75 Å². The van der Waals surface area contributed by atoms with E-state index in [-0.39, 0.29) is 17.9 Å². The van der Waals surface area contributed by atoms with Gasteiger partial charge in [-0.1, -0.05) is 37.8 Å². The summed E-state index contributed by atoms with van der Waals surface area (Å²) in [5.41, 5.74) is 1.27. The molecule has 0 aromatic heterocycles. The number of carbonyl (C=O) groups excluding carboxylic acids is 1. The number of amides is 1. The quantitative estimate of drug-likeness (QED) is 0.850. The van der Waals surface area contributed by atoms with Crippen LogP contribution < -0.4 is 10.1 Å². The van der Waals surface area contributed by atoms with Gasteiger partial charge in [0.1, 0.15) is 5.75 Å². The number of piperidine rings is 1. The summed E-state index contributed by atoms with van der Waals surface area (Å²) in [5.74, 6) is 1.37. The predicted molar refractivity (Wildman–Crippen MR) is 101 cm³/mol. The van der Waals surface area contributed by atoms with Crippen LogP contribution in [0.5, 0.6) is 5.75 Å². The Labute approximate surface area is 151 Å². The second kappa shape index (κ2) is 9.23. The molecule has 3 rings (SSSR count). The van der Waals surface area contributed by atoms with E-state index < -0.39 is 0 Å². The summed E-state index contributed by atoms with van der Waals surface area (Å²) in [4.78, 5) is 15.1. The third kappa shape index (κ3) is 4.97. The summed E-state index contributed by atoms with van der Waals surface area (Å²) >= 11 is 0. The van der Waals surface area contributed by atoms with Crippen LogP contribution in [0.25, 0.3) is 0 Å². The molecule has 25 heavy (non-hydrogen) atoms. The number of methoxy groups -OCH3 is 1. The number of likely N-dealkylation sites (tertiary alicyclic amines) is 1. The zero-order chi connectivity index (χ0) is 17.5. The maximum atomic E-state index is 12.6. The van der Waals surface area contributed by atoms with E-state index in [2.05, 4.69) is 22.3 Å². The third-order valence-electron chi connectivity index (χ3n) is 5.78. The van der Waals surface area contributed by atoms with Crippen molar-refractivity contribution in [3.63, 3.8) is 0 Å². The number of nitrogens with zero attached hydrogens (tertiary/aromatic N) is 1. The average molecular weight is 344 g/mol. The minimum atomic E-state index is 0.228. The zero-order valence-electron chi connectivity index (χ0n) is 15.5. The summed E-state index contributed by atoms with van der Waals surface area (Å²) in [6, 6.07) is 8.60. The Morgan fingerprint density at radius 3 is 2.36 bits per heavy atom. The molecule has 0 spiro atoms. The summed E-state index contributed by atoms with van der Waals surface area (Å²) in [6.07, 6.45) is 9.63. The molecule has 4 heteroatoms. The van der Waals surface area contributed by atoms with Gasteiger partial charge in [0.15, 0.2) is 0 Å². The van der Waals surface area contributed by atoms with Crippen LogP contribution in [0.15, 0.2) is 24.3 Å². The summed E-state index contributed by atoms with van der Waals surface area (Å²) in [5, 5.41) is 3.26. The van der Waals surface area contributed by atoms with Gasteiger partial charge in [-0.05, 0) is 56.5 Å². The van der Waals surface area contributed by atoms with E-state index in [1.807, 2.05) is 12.1 Å². The van der Waals surface area contributed by atoms with E-state index in [0.717, 1.165) is 31.7 Å². The minimum absolute atomic E-state index is 0.228. The van der Waals surface area contributed by atoms with Crippen LogP contribution >= 0.6 is 0 Å². The fourth-order valence-electron chi connectivity index (χ4n) is 4.22. The first-order valence-electron chi connectivity index (χ1n) is 9.93. The van der Waals surface area contributed by atoms with E-state index >= 15 is 0 Å². The van der Waals surface area contributed by atoms with Crippen molar-refractivity contribution < 1.29 is 9.53 Å². The van der Waals surface area contributed by atoms with Crippen molar-refractivity contribution in [1.29, 1.82) is 0 Å². The summed E-state index contributed by atoms with van der Waals surface area (Å²) in [6.45, 7) is 2.95. The molecule has 138 valence electrons. The number of nitrogens with one attached hydrogen (secondary N) is 1. The fraction of sp³-hybridized carbons (Fsp3) is 0.667. The molecular formula is C21H32N2O2. The zero-order valence-corrected chi connectivity index (χ0v) is 15.5. The van der Waals surface area contributed by atoms with Gasteiger partial charge in [-0.25, -0.2) is 0 Å². The van der Waals surface area contributed by atoms with Crippen LogP contribution in [0, 0.1) is 5.92 Å². The molecule has 1 saturated carbocycles. The molecular weight excluding hydrogens is 312 g/mol. The van der Waals surface area contributed by atoms with Crippen LogP contribution in [0.1, 0.15) is 63.0 Å². The Bertz CT molecular complexity index is 531. The molecule has 1 aromatic rings. The van der Waals surface area contributed by atoms with Gasteiger partial charge < -0.3 is 10.1 Å². The normalized spacial score (nSPS) is 20.8. The van der Waals surface area contributed by atoms with Crippen LogP contribution in [-0.4, -0.2) is 37.6 Å². The molecule has 1 unspecified atom stereocenters. The van der Waals surface area contributed by atoms with Gasteiger partial charge in [0.25, 0.3) is 0 Å². The summed E-state index contributed by atoms with van der Waals surface area (Å²) in [7, 11) is 1.70. The van der Waals surface area contributed by atoms with Gasteiger partial charge in [-0.3, -0.25) is 9.69 Å².